The summed E-state index contributed by atoms with van der Waals surface area (Å²) in [4.78, 5) is 16.9. The van der Waals surface area contributed by atoms with Crippen molar-refractivity contribution in [2.45, 2.75) is 20.3 Å². The van der Waals surface area contributed by atoms with Crippen LogP contribution in [0.25, 0.3) is 0 Å². The number of halogens is 2. The summed E-state index contributed by atoms with van der Waals surface area (Å²) in [6.45, 7) is 7.96. The SMILES string of the molecule is CCN(C)CC1CCN(C(=O)c2cc(N)ccc2C)C1.Cl.Cl. The Labute approximate surface area is 145 Å². The van der Waals surface area contributed by atoms with Crippen LogP contribution in [0.2, 0.25) is 0 Å². The average molecular weight is 348 g/mol. The van der Waals surface area contributed by atoms with E-state index in [1.165, 1.54) is 0 Å². The van der Waals surface area contributed by atoms with Gasteiger partial charge in [0.1, 0.15) is 0 Å². The number of carbonyl (C=O) groups excluding carboxylic acids is 1. The molecule has 6 heteroatoms. The van der Waals surface area contributed by atoms with E-state index in [1.807, 2.05) is 24.0 Å². The molecular weight excluding hydrogens is 321 g/mol. The number of nitrogens with two attached hydrogens (primary N) is 1. The molecule has 1 amide bonds. The highest BCUT2D eigenvalue weighted by Gasteiger charge is 2.28. The van der Waals surface area contributed by atoms with Gasteiger partial charge in [-0.3, -0.25) is 4.79 Å². The first-order valence-corrected chi connectivity index (χ1v) is 7.35. The predicted octanol–water partition coefficient (Wildman–Crippen LogP) is 2.83. The van der Waals surface area contributed by atoms with Crippen LogP contribution in [-0.4, -0.2) is 48.9 Å². The number of hydrogen-bond acceptors (Lipinski definition) is 3. The highest BCUT2D eigenvalue weighted by atomic mass is 35.5. The maximum absolute atomic E-state index is 12.6. The number of hydrogen-bond donors (Lipinski definition) is 1. The summed E-state index contributed by atoms with van der Waals surface area (Å²) in [5, 5.41) is 0. The number of nitrogens with zero attached hydrogens (tertiary/aromatic N) is 2. The molecule has 1 fully saturated rings. The molecule has 4 nitrogen and oxygen atoms in total. The lowest BCUT2D eigenvalue weighted by atomic mass is 10.1. The maximum atomic E-state index is 12.6. The van der Waals surface area contributed by atoms with Gasteiger partial charge in [-0.15, -0.1) is 24.8 Å². The molecule has 0 bridgehead atoms. The number of rotatable bonds is 4. The lowest BCUT2D eigenvalue weighted by molar-refractivity contribution is 0.0784. The van der Waals surface area contributed by atoms with E-state index in [0.29, 0.717) is 11.6 Å². The van der Waals surface area contributed by atoms with Crippen molar-refractivity contribution in [3.63, 3.8) is 0 Å². The minimum Gasteiger partial charge on any atom is -0.399 e. The number of carbonyl (C=O) groups is 1. The standard InChI is InChI=1S/C16H25N3O.2ClH/c1-4-18(3)10-13-7-8-19(11-13)16(20)15-9-14(17)6-5-12(15)2;;/h5-6,9,13H,4,7-8,10-11,17H2,1-3H3;2*1H. The van der Waals surface area contributed by atoms with Crippen LogP contribution in [0, 0.1) is 12.8 Å². The summed E-state index contributed by atoms with van der Waals surface area (Å²) in [5.74, 6) is 0.710. The number of nitrogen functional groups attached to an aromatic ring is 1. The molecule has 1 aliphatic rings. The first-order valence-electron chi connectivity index (χ1n) is 7.35. The highest BCUT2D eigenvalue weighted by molar-refractivity contribution is 5.96. The fourth-order valence-electron chi connectivity index (χ4n) is 2.78. The van der Waals surface area contributed by atoms with Crippen LogP contribution in [0.5, 0.6) is 0 Å². The zero-order valence-electron chi connectivity index (χ0n) is 13.5. The third-order valence-corrected chi connectivity index (χ3v) is 4.17. The number of amides is 1. The summed E-state index contributed by atoms with van der Waals surface area (Å²) >= 11 is 0. The van der Waals surface area contributed by atoms with Crippen molar-refractivity contribution in [3.05, 3.63) is 29.3 Å². The molecule has 1 atom stereocenters. The van der Waals surface area contributed by atoms with Crippen molar-refractivity contribution in [1.82, 2.24) is 9.80 Å². The molecule has 1 aromatic carbocycles. The maximum Gasteiger partial charge on any atom is 0.254 e. The van der Waals surface area contributed by atoms with Crippen molar-refractivity contribution in [1.29, 1.82) is 0 Å². The molecule has 0 aromatic heterocycles. The Hall–Kier alpha value is -0.970. The first-order chi connectivity index (χ1) is 9.51. The first kappa shape index (κ1) is 21.0. The molecule has 0 spiro atoms. The Kier molecular flexibility index (Phi) is 8.83. The third-order valence-electron chi connectivity index (χ3n) is 4.17. The fraction of sp³-hybridized carbons (Fsp3) is 0.562. The number of aryl methyl sites for hydroxylation is 1. The van der Waals surface area contributed by atoms with E-state index in [0.717, 1.165) is 43.7 Å². The van der Waals surface area contributed by atoms with E-state index in [1.54, 1.807) is 6.07 Å². The molecule has 0 radical (unpaired) electrons. The Morgan fingerprint density at radius 1 is 1.41 bits per heavy atom. The second kappa shape index (κ2) is 9.23. The summed E-state index contributed by atoms with van der Waals surface area (Å²) in [7, 11) is 2.13. The van der Waals surface area contributed by atoms with Crippen LogP contribution < -0.4 is 5.73 Å². The normalized spacial score (nSPS) is 17.1. The van der Waals surface area contributed by atoms with Gasteiger partial charge in [-0.2, -0.15) is 0 Å². The van der Waals surface area contributed by atoms with Crippen molar-refractivity contribution >= 4 is 36.4 Å². The van der Waals surface area contributed by atoms with Gasteiger partial charge >= 0.3 is 0 Å². The van der Waals surface area contributed by atoms with E-state index < -0.39 is 0 Å². The molecule has 2 N–H and O–H groups in total. The second-order valence-corrected chi connectivity index (χ2v) is 5.84. The Bertz CT molecular complexity index is 496. The van der Waals surface area contributed by atoms with Crippen molar-refractivity contribution < 1.29 is 4.79 Å². The van der Waals surface area contributed by atoms with Gasteiger partial charge in [-0.05, 0) is 50.6 Å². The zero-order valence-corrected chi connectivity index (χ0v) is 15.2. The lowest BCUT2D eigenvalue weighted by Crippen LogP contribution is -2.32. The van der Waals surface area contributed by atoms with Crippen LogP contribution in [0.3, 0.4) is 0 Å². The molecular formula is C16H27Cl2N3O. The predicted molar refractivity (Wildman–Crippen MR) is 97.3 cm³/mol. The molecule has 1 saturated heterocycles. The van der Waals surface area contributed by atoms with Gasteiger partial charge in [0, 0.05) is 30.9 Å². The Morgan fingerprint density at radius 2 is 2.09 bits per heavy atom. The van der Waals surface area contributed by atoms with Gasteiger partial charge in [0.15, 0.2) is 0 Å². The Balaban J connectivity index is 0.00000220. The monoisotopic (exact) mass is 347 g/mol. The zero-order chi connectivity index (χ0) is 14.7. The van der Waals surface area contributed by atoms with Crippen molar-refractivity contribution in [2.75, 3.05) is 39.0 Å². The van der Waals surface area contributed by atoms with Gasteiger partial charge in [-0.1, -0.05) is 13.0 Å². The molecule has 1 aromatic rings. The molecule has 1 aliphatic heterocycles. The molecule has 1 unspecified atom stereocenters. The van der Waals surface area contributed by atoms with Crippen LogP contribution in [-0.2, 0) is 0 Å². The molecule has 1 heterocycles. The fourth-order valence-corrected chi connectivity index (χ4v) is 2.78. The van der Waals surface area contributed by atoms with Crippen molar-refractivity contribution in [3.8, 4) is 0 Å². The lowest BCUT2D eigenvalue weighted by Gasteiger charge is -2.21. The van der Waals surface area contributed by atoms with Gasteiger partial charge in [0.25, 0.3) is 5.91 Å². The van der Waals surface area contributed by atoms with E-state index >= 15 is 0 Å². The molecule has 2 rings (SSSR count). The van der Waals surface area contributed by atoms with Gasteiger partial charge in [-0.25, -0.2) is 0 Å². The summed E-state index contributed by atoms with van der Waals surface area (Å²) < 4.78 is 0. The van der Waals surface area contributed by atoms with E-state index in [4.69, 9.17) is 5.73 Å². The van der Waals surface area contributed by atoms with Crippen LogP contribution in [0.4, 0.5) is 5.69 Å². The summed E-state index contributed by atoms with van der Waals surface area (Å²) in [5.41, 5.74) is 8.19. The Morgan fingerprint density at radius 3 is 2.73 bits per heavy atom. The van der Waals surface area contributed by atoms with Crippen LogP contribution >= 0.6 is 24.8 Å². The highest BCUT2D eigenvalue weighted by Crippen LogP contribution is 2.22. The molecule has 0 aliphatic carbocycles. The number of likely N-dealkylation sites (tertiary alicyclic amines) is 1. The largest absolute Gasteiger partial charge is 0.399 e. The second-order valence-electron chi connectivity index (χ2n) is 5.84. The van der Waals surface area contributed by atoms with Gasteiger partial charge in [0.05, 0.1) is 0 Å². The van der Waals surface area contributed by atoms with Crippen molar-refractivity contribution in [2.24, 2.45) is 5.92 Å². The summed E-state index contributed by atoms with van der Waals surface area (Å²) in [6, 6.07) is 5.55. The van der Waals surface area contributed by atoms with Gasteiger partial charge < -0.3 is 15.5 Å². The number of benzene rings is 1. The third kappa shape index (κ3) is 5.04. The van der Waals surface area contributed by atoms with Gasteiger partial charge in [0.2, 0.25) is 0 Å². The van der Waals surface area contributed by atoms with Crippen LogP contribution in [0.1, 0.15) is 29.3 Å². The molecule has 126 valence electrons. The average Bonchev–Trinajstić information content (AvgIpc) is 2.89. The minimum atomic E-state index is 0. The smallest absolute Gasteiger partial charge is 0.254 e. The quantitative estimate of drug-likeness (QED) is 0.852. The van der Waals surface area contributed by atoms with Crippen LogP contribution in [0.15, 0.2) is 18.2 Å². The molecule has 0 saturated carbocycles. The van der Waals surface area contributed by atoms with E-state index in [-0.39, 0.29) is 30.7 Å². The summed E-state index contributed by atoms with van der Waals surface area (Å²) in [6.07, 6.45) is 1.09. The minimum absolute atomic E-state index is 0. The topological polar surface area (TPSA) is 49.6 Å². The molecule has 22 heavy (non-hydrogen) atoms. The van der Waals surface area contributed by atoms with E-state index in [9.17, 15) is 4.79 Å². The van der Waals surface area contributed by atoms with E-state index in [2.05, 4.69) is 18.9 Å². The number of anilines is 1.